The van der Waals surface area contributed by atoms with Gasteiger partial charge in [-0.25, -0.2) is 9.18 Å². The van der Waals surface area contributed by atoms with Crippen LogP contribution in [0.15, 0.2) is 24.3 Å². The van der Waals surface area contributed by atoms with Gasteiger partial charge in [0.05, 0.1) is 0 Å². The number of methoxy groups -OCH3 is 1. The van der Waals surface area contributed by atoms with E-state index in [-0.39, 0.29) is 5.82 Å². The van der Waals surface area contributed by atoms with E-state index in [0.717, 1.165) is 10.1 Å². The molecule has 0 amide bonds. The Hall–Kier alpha value is -1.46. The van der Waals surface area contributed by atoms with E-state index in [4.69, 9.17) is 9.84 Å². The number of carbonyl (C=O) groups is 1. The van der Waals surface area contributed by atoms with Crippen LogP contribution >= 0.6 is 11.3 Å². The van der Waals surface area contributed by atoms with Crippen LogP contribution in [0.4, 0.5) is 4.39 Å². The Labute approximate surface area is 95.1 Å². The van der Waals surface area contributed by atoms with Gasteiger partial charge in [0.1, 0.15) is 5.82 Å². The predicted octanol–water partition coefficient (Wildman–Crippen LogP) is 2.81. The first-order chi connectivity index (χ1) is 7.61. The van der Waals surface area contributed by atoms with E-state index in [0.29, 0.717) is 4.88 Å². The zero-order valence-corrected chi connectivity index (χ0v) is 9.25. The monoisotopic (exact) mass is 240 g/mol. The van der Waals surface area contributed by atoms with Gasteiger partial charge in [-0.15, -0.1) is 11.3 Å². The average molecular weight is 240 g/mol. The third kappa shape index (κ3) is 1.91. The fourth-order valence-corrected chi connectivity index (χ4v) is 2.65. The summed E-state index contributed by atoms with van der Waals surface area (Å²) in [5.41, 5.74) is 0. The van der Waals surface area contributed by atoms with Crippen LogP contribution in [0.2, 0.25) is 0 Å². The quantitative estimate of drug-likeness (QED) is 0.897. The van der Waals surface area contributed by atoms with Crippen molar-refractivity contribution in [3.63, 3.8) is 0 Å². The molecule has 1 aromatic heterocycles. The number of rotatable bonds is 3. The molecule has 0 radical (unpaired) electrons. The van der Waals surface area contributed by atoms with Gasteiger partial charge in [-0.1, -0.05) is 6.07 Å². The van der Waals surface area contributed by atoms with Crippen molar-refractivity contribution in [3.8, 4) is 0 Å². The van der Waals surface area contributed by atoms with Crippen LogP contribution in [0.5, 0.6) is 0 Å². The Morgan fingerprint density at radius 1 is 1.50 bits per heavy atom. The van der Waals surface area contributed by atoms with Crippen molar-refractivity contribution in [2.75, 3.05) is 7.11 Å². The van der Waals surface area contributed by atoms with Crippen LogP contribution in [-0.2, 0) is 9.53 Å². The van der Waals surface area contributed by atoms with E-state index in [9.17, 15) is 9.18 Å². The van der Waals surface area contributed by atoms with Crippen molar-refractivity contribution in [2.45, 2.75) is 6.10 Å². The average Bonchev–Trinajstić information content (AvgIpc) is 2.60. The van der Waals surface area contributed by atoms with Gasteiger partial charge in [-0.3, -0.25) is 0 Å². The van der Waals surface area contributed by atoms with E-state index in [1.165, 1.54) is 30.6 Å². The number of carboxylic acids is 1. The van der Waals surface area contributed by atoms with Gasteiger partial charge in [-0.2, -0.15) is 0 Å². The number of benzene rings is 1. The molecule has 1 N–H and O–H groups in total. The summed E-state index contributed by atoms with van der Waals surface area (Å²) in [6, 6.07) is 6.07. The smallest absolute Gasteiger partial charge is 0.338 e. The molecule has 16 heavy (non-hydrogen) atoms. The lowest BCUT2D eigenvalue weighted by atomic mass is 10.2. The first kappa shape index (κ1) is 11.0. The van der Waals surface area contributed by atoms with Gasteiger partial charge in [0.25, 0.3) is 0 Å². The normalized spacial score (nSPS) is 12.9. The second-order valence-electron chi connectivity index (χ2n) is 3.28. The van der Waals surface area contributed by atoms with Gasteiger partial charge < -0.3 is 9.84 Å². The molecule has 1 unspecified atom stereocenters. The molecular weight excluding hydrogens is 231 g/mol. The maximum absolute atomic E-state index is 12.9. The van der Waals surface area contributed by atoms with Crippen molar-refractivity contribution < 1.29 is 19.0 Å². The Morgan fingerprint density at radius 2 is 2.25 bits per heavy atom. The van der Waals surface area contributed by atoms with Crippen molar-refractivity contribution in [2.24, 2.45) is 0 Å². The van der Waals surface area contributed by atoms with Crippen molar-refractivity contribution in [3.05, 3.63) is 35.0 Å². The van der Waals surface area contributed by atoms with Crippen LogP contribution in [0.25, 0.3) is 10.1 Å². The zero-order valence-electron chi connectivity index (χ0n) is 8.44. The number of hydrogen-bond acceptors (Lipinski definition) is 3. The molecule has 0 saturated heterocycles. The van der Waals surface area contributed by atoms with Gasteiger partial charge >= 0.3 is 5.97 Å². The zero-order chi connectivity index (χ0) is 11.7. The first-order valence-electron chi connectivity index (χ1n) is 4.56. The molecule has 0 saturated carbocycles. The lowest BCUT2D eigenvalue weighted by molar-refractivity contribution is -0.148. The molecule has 1 heterocycles. The minimum atomic E-state index is -1.05. The molecule has 2 rings (SSSR count). The predicted molar refractivity (Wildman–Crippen MR) is 59.2 cm³/mol. The summed E-state index contributed by atoms with van der Waals surface area (Å²) in [5.74, 6) is -1.38. The van der Waals surface area contributed by atoms with Crippen molar-refractivity contribution in [1.82, 2.24) is 0 Å². The fraction of sp³-hybridized carbons (Fsp3) is 0.182. The van der Waals surface area contributed by atoms with E-state index >= 15 is 0 Å². The third-order valence-electron chi connectivity index (χ3n) is 2.22. The molecule has 0 fully saturated rings. The number of thiophene rings is 1. The standard InChI is InChI=1S/C11H9FO3S/c1-15-10(11(13)14)9-4-6-2-3-7(12)5-8(6)16-9/h2-5,10H,1H3,(H,13,14). The number of halogens is 1. The Morgan fingerprint density at radius 3 is 2.88 bits per heavy atom. The second kappa shape index (κ2) is 4.19. The first-order valence-corrected chi connectivity index (χ1v) is 5.38. The molecular formula is C11H9FO3S. The summed E-state index contributed by atoms with van der Waals surface area (Å²) in [6.45, 7) is 0. The highest BCUT2D eigenvalue weighted by molar-refractivity contribution is 7.19. The number of carboxylic acid groups (broad SMARTS) is 1. The van der Waals surface area contributed by atoms with E-state index in [1.807, 2.05) is 0 Å². The summed E-state index contributed by atoms with van der Waals surface area (Å²) in [7, 11) is 1.34. The molecule has 0 spiro atoms. The topological polar surface area (TPSA) is 46.5 Å². The molecule has 0 bridgehead atoms. The van der Waals surface area contributed by atoms with Gasteiger partial charge in [-0.05, 0) is 23.6 Å². The van der Waals surface area contributed by atoms with Crippen molar-refractivity contribution in [1.29, 1.82) is 0 Å². The maximum Gasteiger partial charge on any atom is 0.338 e. The Kier molecular flexibility index (Phi) is 2.89. The fourth-order valence-electron chi connectivity index (χ4n) is 1.49. The summed E-state index contributed by atoms with van der Waals surface area (Å²) < 4.78 is 18.5. The molecule has 0 aliphatic carbocycles. The van der Waals surface area contributed by atoms with Gasteiger partial charge in [0.2, 0.25) is 0 Å². The van der Waals surface area contributed by atoms with Crippen LogP contribution in [0.1, 0.15) is 11.0 Å². The van der Waals surface area contributed by atoms with E-state index in [1.54, 1.807) is 12.1 Å². The minimum absolute atomic E-state index is 0.329. The lowest BCUT2D eigenvalue weighted by Crippen LogP contribution is -2.11. The molecule has 1 atom stereocenters. The number of ether oxygens (including phenoxy) is 1. The highest BCUT2D eigenvalue weighted by Gasteiger charge is 2.21. The second-order valence-corrected chi connectivity index (χ2v) is 4.40. The molecule has 0 aliphatic heterocycles. The SMILES string of the molecule is COC(C(=O)O)c1cc2ccc(F)cc2s1. The molecule has 3 nitrogen and oxygen atoms in total. The third-order valence-corrected chi connectivity index (χ3v) is 3.36. The Bertz CT molecular complexity index is 535. The molecule has 0 aliphatic rings. The lowest BCUT2D eigenvalue weighted by Gasteiger charge is -2.06. The molecule has 5 heteroatoms. The van der Waals surface area contributed by atoms with Gasteiger partial charge in [0, 0.05) is 16.7 Å². The van der Waals surface area contributed by atoms with Crippen molar-refractivity contribution >= 4 is 27.4 Å². The molecule has 1 aromatic carbocycles. The number of hydrogen-bond donors (Lipinski definition) is 1. The molecule has 2 aromatic rings. The largest absolute Gasteiger partial charge is 0.479 e. The minimum Gasteiger partial charge on any atom is -0.479 e. The highest BCUT2D eigenvalue weighted by atomic mass is 32.1. The summed E-state index contributed by atoms with van der Waals surface area (Å²) in [4.78, 5) is 11.4. The summed E-state index contributed by atoms with van der Waals surface area (Å²) >= 11 is 1.23. The van der Waals surface area contributed by atoms with Crippen LogP contribution in [-0.4, -0.2) is 18.2 Å². The summed E-state index contributed by atoms with van der Waals surface area (Å²) in [6.07, 6.45) is -0.986. The number of aliphatic carboxylic acids is 1. The number of fused-ring (bicyclic) bond motifs is 1. The van der Waals surface area contributed by atoms with E-state index in [2.05, 4.69) is 0 Å². The van der Waals surface area contributed by atoms with Gasteiger partial charge in [0.15, 0.2) is 6.10 Å². The maximum atomic E-state index is 12.9. The highest BCUT2D eigenvalue weighted by Crippen LogP contribution is 2.31. The summed E-state index contributed by atoms with van der Waals surface area (Å²) in [5, 5.41) is 9.74. The molecule has 84 valence electrons. The van der Waals surface area contributed by atoms with Crippen LogP contribution in [0, 0.1) is 5.82 Å². The van der Waals surface area contributed by atoms with Crippen LogP contribution in [0.3, 0.4) is 0 Å². The van der Waals surface area contributed by atoms with E-state index < -0.39 is 12.1 Å². The Balaban J connectivity index is 2.49. The van der Waals surface area contributed by atoms with Crippen LogP contribution < -0.4 is 0 Å².